The first-order valence-corrected chi connectivity index (χ1v) is 6.44. The maximum Gasteiger partial charge on any atom is 0.416 e. The molecule has 0 heterocycles. The van der Waals surface area contributed by atoms with Gasteiger partial charge in [-0.25, -0.2) is 4.39 Å². The highest BCUT2D eigenvalue weighted by molar-refractivity contribution is 5.94. The molecule has 6 heteroatoms. The highest BCUT2D eigenvalue weighted by Crippen LogP contribution is 2.30. The van der Waals surface area contributed by atoms with Gasteiger partial charge in [-0.2, -0.15) is 13.2 Å². The molecular formula is C14H17F4NO. The highest BCUT2D eigenvalue weighted by Gasteiger charge is 2.31. The normalized spacial score (nSPS) is 11.8. The maximum atomic E-state index is 13.5. The number of hydrogen-bond acceptors (Lipinski definition) is 1. The van der Waals surface area contributed by atoms with Gasteiger partial charge in [-0.15, -0.1) is 0 Å². The first-order chi connectivity index (χ1) is 9.29. The molecule has 0 aliphatic heterocycles. The molecule has 0 unspecified atom stereocenters. The summed E-state index contributed by atoms with van der Waals surface area (Å²) in [7, 11) is 0. The van der Waals surface area contributed by atoms with Gasteiger partial charge in [0.15, 0.2) is 0 Å². The summed E-state index contributed by atoms with van der Waals surface area (Å²) >= 11 is 0. The number of benzene rings is 1. The maximum absolute atomic E-state index is 13.5. The summed E-state index contributed by atoms with van der Waals surface area (Å²) in [6.45, 7) is 4.22. The third kappa shape index (κ3) is 4.21. The molecule has 0 saturated heterocycles. The zero-order valence-corrected chi connectivity index (χ0v) is 11.4. The predicted octanol–water partition coefficient (Wildman–Crippen LogP) is 4.01. The van der Waals surface area contributed by atoms with E-state index in [9.17, 15) is 22.4 Å². The molecule has 1 aromatic rings. The summed E-state index contributed by atoms with van der Waals surface area (Å²) in [6, 6.07) is 1.82. The van der Waals surface area contributed by atoms with Crippen LogP contribution in [-0.2, 0) is 6.18 Å². The predicted molar refractivity (Wildman–Crippen MR) is 67.8 cm³/mol. The van der Waals surface area contributed by atoms with Crippen molar-refractivity contribution < 1.29 is 22.4 Å². The molecule has 1 aromatic carbocycles. The molecule has 1 rings (SSSR count). The molecule has 2 nitrogen and oxygen atoms in total. The Balaban J connectivity index is 2.87. The lowest BCUT2D eigenvalue weighted by Gasteiger charge is -2.14. The number of amides is 1. The van der Waals surface area contributed by atoms with Crippen LogP contribution in [0.4, 0.5) is 17.6 Å². The van der Waals surface area contributed by atoms with Crippen molar-refractivity contribution in [3.05, 3.63) is 35.1 Å². The molecule has 1 N–H and O–H groups in total. The van der Waals surface area contributed by atoms with E-state index < -0.39 is 29.0 Å². The number of halogens is 4. The van der Waals surface area contributed by atoms with E-state index in [4.69, 9.17) is 0 Å². The molecule has 0 atom stereocenters. The molecule has 0 aliphatic rings. The number of rotatable bonds is 5. The first kappa shape index (κ1) is 16.5. The van der Waals surface area contributed by atoms with E-state index in [0.717, 1.165) is 12.8 Å². The zero-order valence-electron chi connectivity index (χ0n) is 11.4. The van der Waals surface area contributed by atoms with Crippen LogP contribution in [0.1, 0.15) is 42.6 Å². The number of alkyl halides is 3. The highest BCUT2D eigenvalue weighted by atomic mass is 19.4. The quantitative estimate of drug-likeness (QED) is 0.816. The lowest BCUT2D eigenvalue weighted by atomic mass is 10.0. The standard InChI is InChI=1S/C14H17F4NO/c1-3-9(4-2)8-19-13(20)11-7-10(14(16,17)18)5-6-12(11)15/h5-7,9H,3-4,8H2,1-2H3,(H,19,20). The van der Waals surface area contributed by atoms with E-state index >= 15 is 0 Å². The van der Waals surface area contributed by atoms with E-state index in [0.29, 0.717) is 24.7 Å². The third-order valence-electron chi connectivity index (χ3n) is 3.24. The fourth-order valence-corrected chi connectivity index (χ4v) is 1.79. The molecule has 0 fully saturated rings. The molecule has 20 heavy (non-hydrogen) atoms. The fraction of sp³-hybridized carbons (Fsp3) is 0.500. The second-order valence-electron chi connectivity index (χ2n) is 4.58. The van der Waals surface area contributed by atoms with Gasteiger partial charge in [0.25, 0.3) is 5.91 Å². The molecular weight excluding hydrogens is 274 g/mol. The number of carbonyl (C=O) groups is 1. The number of nitrogens with one attached hydrogen (secondary N) is 1. The zero-order chi connectivity index (χ0) is 15.3. The van der Waals surface area contributed by atoms with E-state index in [1.54, 1.807) is 0 Å². The Hall–Kier alpha value is -1.59. The summed E-state index contributed by atoms with van der Waals surface area (Å²) in [5, 5.41) is 2.47. The lowest BCUT2D eigenvalue weighted by molar-refractivity contribution is -0.137. The second kappa shape index (κ2) is 6.72. The average Bonchev–Trinajstić information content (AvgIpc) is 2.38. The molecule has 0 aliphatic carbocycles. The molecule has 0 saturated carbocycles. The van der Waals surface area contributed by atoms with E-state index in [-0.39, 0.29) is 5.92 Å². The van der Waals surface area contributed by atoms with Crippen molar-refractivity contribution in [3.8, 4) is 0 Å². The van der Waals surface area contributed by atoms with Gasteiger partial charge >= 0.3 is 6.18 Å². The van der Waals surface area contributed by atoms with Crippen molar-refractivity contribution >= 4 is 5.91 Å². The van der Waals surface area contributed by atoms with Crippen molar-refractivity contribution in [1.82, 2.24) is 5.32 Å². The first-order valence-electron chi connectivity index (χ1n) is 6.44. The summed E-state index contributed by atoms with van der Waals surface area (Å²) < 4.78 is 51.1. The Morgan fingerprint density at radius 2 is 1.85 bits per heavy atom. The van der Waals surface area contributed by atoms with Crippen molar-refractivity contribution in [2.24, 2.45) is 5.92 Å². The molecule has 112 valence electrons. The van der Waals surface area contributed by atoms with E-state index in [2.05, 4.69) is 5.32 Å². The molecule has 1 amide bonds. The van der Waals surface area contributed by atoms with Crippen LogP contribution in [0.25, 0.3) is 0 Å². The van der Waals surface area contributed by atoms with Crippen LogP contribution in [0, 0.1) is 11.7 Å². The van der Waals surface area contributed by atoms with Crippen LogP contribution in [0.5, 0.6) is 0 Å². The number of carbonyl (C=O) groups excluding carboxylic acids is 1. The summed E-state index contributed by atoms with van der Waals surface area (Å²) in [5.74, 6) is -1.55. The van der Waals surface area contributed by atoms with Crippen molar-refractivity contribution in [3.63, 3.8) is 0 Å². The molecule has 0 aromatic heterocycles. The SMILES string of the molecule is CCC(CC)CNC(=O)c1cc(C(F)(F)F)ccc1F. The lowest BCUT2D eigenvalue weighted by Crippen LogP contribution is -2.29. The van der Waals surface area contributed by atoms with Crippen molar-refractivity contribution in [2.45, 2.75) is 32.9 Å². The smallest absolute Gasteiger partial charge is 0.352 e. The minimum Gasteiger partial charge on any atom is -0.352 e. The van der Waals surface area contributed by atoms with E-state index in [1.807, 2.05) is 13.8 Å². The molecule has 0 bridgehead atoms. The van der Waals surface area contributed by atoms with Gasteiger partial charge < -0.3 is 5.32 Å². The largest absolute Gasteiger partial charge is 0.416 e. The molecule has 0 spiro atoms. The molecule has 0 radical (unpaired) electrons. The van der Waals surface area contributed by atoms with Crippen molar-refractivity contribution in [1.29, 1.82) is 0 Å². The summed E-state index contributed by atoms with van der Waals surface area (Å²) in [4.78, 5) is 11.8. The van der Waals surface area contributed by atoms with Crippen LogP contribution < -0.4 is 5.32 Å². The number of hydrogen-bond donors (Lipinski definition) is 1. The Morgan fingerprint density at radius 1 is 1.25 bits per heavy atom. The van der Waals surface area contributed by atoms with Crippen LogP contribution in [0.2, 0.25) is 0 Å². The van der Waals surface area contributed by atoms with Gasteiger partial charge in [-0.1, -0.05) is 26.7 Å². The Labute approximate surface area is 115 Å². The van der Waals surface area contributed by atoms with Gasteiger partial charge in [-0.3, -0.25) is 4.79 Å². The van der Waals surface area contributed by atoms with Gasteiger partial charge in [0.05, 0.1) is 11.1 Å². The van der Waals surface area contributed by atoms with E-state index in [1.165, 1.54) is 0 Å². The van der Waals surface area contributed by atoms with Gasteiger partial charge in [0.2, 0.25) is 0 Å². The van der Waals surface area contributed by atoms with Gasteiger partial charge in [-0.05, 0) is 24.1 Å². The Morgan fingerprint density at radius 3 is 2.35 bits per heavy atom. The van der Waals surface area contributed by atoms with Crippen LogP contribution in [-0.4, -0.2) is 12.5 Å². The monoisotopic (exact) mass is 291 g/mol. The summed E-state index contributed by atoms with van der Waals surface area (Å²) in [5.41, 5.74) is -1.61. The van der Waals surface area contributed by atoms with Crippen LogP contribution >= 0.6 is 0 Å². The van der Waals surface area contributed by atoms with Crippen LogP contribution in [0.15, 0.2) is 18.2 Å². The van der Waals surface area contributed by atoms with Gasteiger partial charge in [0, 0.05) is 6.54 Å². The van der Waals surface area contributed by atoms with Crippen LogP contribution in [0.3, 0.4) is 0 Å². The Kier molecular flexibility index (Phi) is 5.53. The van der Waals surface area contributed by atoms with Gasteiger partial charge in [0.1, 0.15) is 5.82 Å². The minimum atomic E-state index is -4.60. The average molecular weight is 291 g/mol. The minimum absolute atomic E-state index is 0.229. The second-order valence-corrected chi connectivity index (χ2v) is 4.58. The third-order valence-corrected chi connectivity index (χ3v) is 3.24. The summed E-state index contributed by atoms with van der Waals surface area (Å²) in [6.07, 6.45) is -2.93. The van der Waals surface area contributed by atoms with Crippen molar-refractivity contribution in [2.75, 3.05) is 6.54 Å². The topological polar surface area (TPSA) is 29.1 Å². The Bertz CT molecular complexity index is 467. The fourth-order valence-electron chi connectivity index (χ4n) is 1.79.